The van der Waals surface area contributed by atoms with Crippen molar-refractivity contribution in [3.8, 4) is 11.5 Å². The second kappa shape index (κ2) is 12.1. The lowest BCUT2D eigenvalue weighted by molar-refractivity contribution is -0.107. The van der Waals surface area contributed by atoms with Crippen LogP contribution in [0.5, 0.6) is 0 Å². The highest BCUT2D eigenvalue weighted by Gasteiger charge is 2.20. The number of pyridine rings is 1. The van der Waals surface area contributed by atoms with Crippen LogP contribution in [0.15, 0.2) is 40.9 Å². The van der Waals surface area contributed by atoms with Gasteiger partial charge in [-0.2, -0.15) is 8.78 Å². The van der Waals surface area contributed by atoms with E-state index in [1.54, 1.807) is 12.1 Å². The van der Waals surface area contributed by atoms with Gasteiger partial charge in [-0.1, -0.05) is 11.6 Å². The quantitative estimate of drug-likeness (QED) is 0.439. The second-order valence-corrected chi connectivity index (χ2v) is 8.69. The minimum atomic E-state index is -2.85. The van der Waals surface area contributed by atoms with Crippen LogP contribution < -0.4 is 4.90 Å². The normalized spacial score (nSPS) is 15.9. The molecule has 1 unspecified atom stereocenters. The van der Waals surface area contributed by atoms with Crippen LogP contribution in [-0.4, -0.2) is 71.7 Å². The second-order valence-electron chi connectivity index (χ2n) is 8.28. The fourth-order valence-corrected chi connectivity index (χ4v) is 3.62. The number of halogens is 4. The molecule has 1 fully saturated rings. The molecule has 1 atom stereocenters. The van der Waals surface area contributed by atoms with Crippen LogP contribution in [0.3, 0.4) is 0 Å². The van der Waals surface area contributed by atoms with Crippen molar-refractivity contribution in [3.63, 3.8) is 0 Å². The van der Waals surface area contributed by atoms with Crippen molar-refractivity contribution in [2.75, 3.05) is 39.1 Å². The standard InChI is InChI=1S/C16H10ClF3N4O2.C7H16N2/c17-12-5-11(3-4-13(12)18)24(8-25)7-10-2-1-9(6-21-10)15-22-23-16(26-15)14(19)20;1-8(2)7-4-5-9(3)6-7/h1-6,8,14H,7H2;7H,4-6H2,1-3H3. The predicted octanol–water partition coefficient (Wildman–Crippen LogP) is 4.28. The van der Waals surface area contributed by atoms with E-state index in [0.717, 1.165) is 12.1 Å². The Morgan fingerprint density at radius 3 is 2.51 bits per heavy atom. The molecule has 12 heteroatoms. The average molecular weight is 511 g/mol. The Morgan fingerprint density at radius 1 is 1.26 bits per heavy atom. The molecule has 35 heavy (non-hydrogen) atoms. The number of nitrogens with zero attached hydrogens (tertiary/aromatic N) is 6. The molecule has 3 aromatic rings. The number of carbonyl (C=O) groups is 1. The number of hydrogen-bond donors (Lipinski definition) is 0. The lowest BCUT2D eigenvalue weighted by Crippen LogP contribution is -2.30. The summed E-state index contributed by atoms with van der Waals surface area (Å²) in [7, 11) is 6.50. The third-order valence-corrected chi connectivity index (χ3v) is 5.78. The van der Waals surface area contributed by atoms with Gasteiger partial charge < -0.3 is 19.1 Å². The Balaban J connectivity index is 0.000000320. The molecule has 1 aliphatic rings. The molecule has 2 aromatic heterocycles. The van der Waals surface area contributed by atoms with Gasteiger partial charge in [0.25, 0.3) is 5.89 Å². The molecule has 1 aromatic carbocycles. The molecule has 3 heterocycles. The van der Waals surface area contributed by atoms with E-state index < -0.39 is 18.1 Å². The van der Waals surface area contributed by atoms with Crippen LogP contribution in [0.2, 0.25) is 5.02 Å². The van der Waals surface area contributed by atoms with Gasteiger partial charge >= 0.3 is 6.43 Å². The van der Waals surface area contributed by atoms with E-state index >= 15 is 0 Å². The van der Waals surface area contributed by atoms with Crippen LogP contribution in [0, 0.1) is 5.82 Å². The molecule has 0 spiro atoms. The van der Waals surface area contributed by atoms with Crippen molar-refractivity contribution in [2.24, 2.45) is 0 Å². The number of aromatic nitrogens is 3. The minimum Gasteiger partial charge on any atom is -0.415 e. The molecular formula is C23H26ClF3N6O2. The number of likely N-dealkylation sites (tertiary alicyclic amines) is 1. The van der Waals surface area contributed by atoms with E-state index in [-0.39, 0.29) is 17.5 Å². The summed E-state index contributed by atoms with van der Waals surface area (Å²) in [5, 5.41) is 6.66. The molecule has 1 aliphatic heterocycles. The summed E-state index contributed by atoms with van der Waals surface area (Å²) in [6, 6.07) is 7.81. The zero-order chi connectivity index (χ0) is 25.5. The third-order valence-electron chi connectivity index (χ3n) is 5.49. The summed E-state index contributed by atoms with van der Waals surface area (Å²) in [5.74, 6) is -1.45. The Bertz CT molecular complexity index is 1110. The van der Waals surface area contributed by atoms with Crippen molar-refractivity contribution in [1.82, 2.24) is 25.0 Å². The number of likely N-dealkylation sites (N-methyl/N-ethyl adjacent to an activating group) is 2. The van der Waals surface area contributed by atoms with Crippen LogP contribution in [0.1, 0.15) is 24.4 Å². The first-order valence-corrected chi connectivity index (χ1v) is 11.1. The smallest absolute Gasteiger partial charge is 0.314 e. The fraction of sp³-hybridized carbons (Fsp3) is 0.391. The minimum absolute atomic E-state index is 0.0862. The van der Waals surface area contributed by atoms with Gasteiger partial charge in [-0.15, -0.1) is 10.2 Å². The number of carbonyl (C=O) groups excluding carboxylic acids is 1. The van der Waals surface area contributed by atoms with Gasteiger partial charge in [0, 0.05) is 24.5 Å². The summed E-state index contributed by atoms with van der Waals surface area (Å²) in [4.78, 5) is 21.4. The van der Waals surface area contributed by atoms with Crippen molar-refractivity contribution in [2.45, 2.75) is 25.4 Å². The van der Waals surface area contributed by atoms with E-state index in [4.69, 9.17) is 16.0 Å². The maximum absolute atomic E-state index is 13.2. The predicted molar refractivity (Wildman–Crippen MR) is 126 cm³/mol. The molecule has 1 amide bonds. The first-order valence-electron chi connectivity index (χ1n) is 10.8. The summed E-state index contributed by atoms with van der Waals surface area (Å²) < 4.78 is 43.0. The van der Waals surface area contributed by atoms with Gasteiger partial charge in [-0.25, -0.2) is 4.39 Å². The van der Waals surface area contributed by atoms with Gasteiger partial charge in [0.2, 0.25) is 12.3 Å². The number of hydrogen-bond acceptors (Lipinski definition) is 7. The maximum atomic E-state index is 13.2. The van der Waals surface area contributed by atoms with E-state index in [9.17, 15) is 18.0 Å². The highest BCUT2D eigenvalue weighted by Crippen LogP contribution is 2.25. The van der Waals surface area contributed by atoms with Crippen molar-refractivity contribution in [1.29, 1.82) is 0 Å². The number of benzene rings is 1. The van der Waals surface area contributed by atoms with Gasteiger partial charge in [0.15, 0.2) is 0 Å². The van der Waals surface area contributed by atoms with E-state index in [1.807, 2.05) is 0 Å². The van der Waals surface area contributed by atoms with E-state index in [1.165, 1.54) is 42.7 Å². The zero-order valence-corrected chi connectivity index (χ0v) is 20.3. The van der Waals surface area contributed by atoms with E-state index in [0.29, 0.717) is 23.4 Å². The number of rotatable bonds is 7. The topological polar surface area (TPSA) is 78.6 Å². The molecule has 8 nitrogen and oxygen atoms in total. The first kappa shape index (κ1) is 26.6. The maximum Gasteiger partial charge on any atom is 0.314 e. The summed E-state index contributed by atoms with van der Waals surface area (Å²) in [6.07, 6.45) is 0.404. The summed E-state index contributed by atoms with van der Waals surface area (Å²) >= 11 is 5.72. The molecule has 0 bridgehead atoms. The van der Waals surface area contributed by atoms with Crippen LogP contribution >= 0.6 is 11.6 Å². The lowest BCUT2D eigenvalue weighted by Gasteiger charge is -2.17. The van der Waals surface area contributed by atoms with E-state index in [2.05, 4.69) is 46.1 Å². The Kier molecular flexibility index (Phi) is 9.19. The molecule has 0 saturated carbocycles. The van der Waals surface area contributed by atoms with Gasteiger partial charge in [-0.05, 0) is 64.4 Å². The van der Waals surface area contributed by atoms with Crippen molar-refractivity contribution in [3.05, 3.63) is 59.0 Å². The van der Waals surface area contributed by atoms with Crippen molar-refractivity contribution >= 4 is 23.7 Å². The molecule has 188 valence electrons. The largest absolute Gasteiger partial charge is 0.415 e. The number of anilines is 1. The molecule has 0 aliphatic carbocycles. The van der Waals surface area contributed by atoms with Gasteiger partial charge in [-0.3, -0.25) is 9.78 Å². The fourth-order valence-electron chi connectivity index (χ4n) is 3.44. The monoisotopic (exact) mass is 510 g/mol. The highest BCUT2D eigenvalue weighted by molar-refractivity contribution is 6.31. The Morgan fingerprint density at radius 2 is 2.03 bits per heavy atom. The van der Waals surface area contributed by atoms with Gasteiger partial charge in [0.05, 0.1) is 22.8 Å². The molecular weight excluding hydrogens is 485 g/mol. The number of alkyl halides is 2. The first-order chi connectivity index (χ1) is 16.7. The molecule has 1 saturated heterocycles. The lowest BCUT2D eigenvalue weighted by atomic mass is 10.2. The number of amides is 1. The summed E-state index contributed by atoms with van der Waals surface area (Å²) in [6.45, 7) is 2.60. The van der Waals surface area contributed by atoms with Crippen LogP contribution in [0.4, 0.5) is 18.9 Å². The van der Waals surface area contributed by atoms with Crippen molar-refractivity contribution < 1.29 is 22.4 Å². The van der Waals surface area contributed by atoms with Crippen LogP contribution in [-0.2, 0) is 11.3 Å². The zero-order valence-electron chi connectivity index (χ0n) is 19.5. The summed E-state index contributed by atoms with van der Waals surface area (Å²) in [5.41, 5.74) is 1.25. The van der Waals surface area contributed by atoms with Crippen LogP contribution in [0.25, 0.3) is 11.5 Å². The third kappa shape index (κ3) is 7.23. The highest BCUT2D eigenvalue weighted by atomic mass is 35.5. The average Bonchev–Trinajstić information content (AvgIpc) is 3.50. The SMILES string of the molecule is CN1CCC(N(C)C)C1.O=CN(Cc1ccc(-c2nnc(C(F)F)o2)cn1)c1ccc(F)c(Cl)c1. The Labute approximate surface area is 206 Å². The molecule has 4 rings (SSSR count). The molecule has 0 N–H and O–H groups in total. The van der Waals surface area contributed by atoms with Gasteiger partial charge in [0.1, 0.15) is 5.82 Å². The molecule has 0 radical (unpaired) electrons. The Hall–Kier alpha value is -3.02.